The lowest BCUT2D eigenvalue weighted by atomic mass is 10.3. The van der Waals surface area contributed by atoms with Crippen molar-refractivity contribution in [1.82, 2.24) is 4.98 Å². The molecule has 0 spiro atoms. The third-order valence-electron chi connectivity index (χ3n) is 2.58. The van der Waals surface area contributed by atoms with Crippen LogP contribution in [0.2, 0.25) is 5.02 Å². The van der Waals surface area contributed by atoms with Gasteiger partial charge in [-0.2, -0.15) is 0 Å². The Kier molecular flexibility index (Phi) is 3.44. The fourth-order valence-electron chi connectivity index (χ4n) is 1.86. The Morgan fingerprint density at radius 3 is 3.13 bits per heavy atom. The zero-order valence-corrected chi connectivity index (χ0v) is 9.57. The lowest BCUT2D eigenvalue weighted by Crippen LogP contribution is -2.23. The highest BCUT2D eigenvalue weighted by atomic mass is 35.5. The molecule has 1 atom stereocenters. The first-order chi connectivity index (χ1) is 7.29. The number of anilines is 1. The van der Waals surface area contributed by atoms with Crippen molar-refractivity contribution in [2.75, 3.05) is 24.6 Å². The molecule has 4 heteroatoms. The Balaban J connectivity index is 1.98. The van der Waals surface area contributed by atoms with Crippen LogP contribution in [0.5, 0.6) is 0 Å². The zero-order chi connectivity index (χ0) is 10.7. The smallest absolute Gasteiger partial charge is 0.128 e. The molecule has 0 bridgehead atoms. The Bertz CT molecular complexity index is 315. The van der Waals surface area contributed by atoms with E-state index in [9.17, 15) is 0 Å². The average Bonchev–Trinajstić information content (AvgIpc) is 2.68. The van der Waals surface area contributed by atoms with Crippen LogP contribution in [-0.2, 0) is 4.74 Å². The predicted octanol–water partition coefficient (Wildman–Crippen LogP) is 2.35. The minimum Gasteiger partial charge on any atom is -0.377 e. The quantitative estimate of drug-likeness (QED) is 0.791. The highest BCUT2D eigenvalue weighted by Crippen LogP contribution is 2.20. The van der Waals surface area contributed by atoms with Crippen LogP contribution in [0, 0.1) is 0 Å². The highest BCUT2D eigenvalue weighted by molar-refractivity contribution is 6.30. The summed E-state index contributed by atoms with van der Waals surface area (Å²) in [5, 5.41) is 0.680. The van der Waals surface area contributed by atoms with Gasteiger partial charge in [-0.15, -0.1) is 0 Å². The van der Waals surface area contributed by atoms with Crippen molar-refractivity contribution in [3.8, 4) is 0 Å². The largest absolute Gasteiger partial charge is 0.377 e. The Hall–Kier alpha value is -0.800. The van der Waals surface area contributed by atoms with Crippen molar-refractivity contribution in [2.24, 2.45) is 0 Å². The van der Waals surface area contributed by atoms with E-state index in [2.05, 4.69) is 9.88 Å². The molecule has 1 aliphatic rings. The maximum Gasteiger partial charge on any atom is 0.128 e. The minimum absolute atomic E-state index is 0.354. The van der Waals surface area contributed by atoms with Gasteiger partial charge in [0, 0.05) is 25.9 Å². The van der Waals surface area contributed by atoms with Crippen molar-refractivity contribution in [3.05, 3.63) is 23.4 Å². The molecule has 0 aliphatic carbocycles. The van der Waals surface area contributed by atoms with Crippen LogP contribution < -0.4 is 4.90 Å². The molecular weight excluding hydrogens is 212 g/mol. The van der Waals surface area contributed by atoms with Gasteiger partial charge in [0.2, 0.25) is 0 Å². The maximum absolute atomic E-state index is 5.79. The van der Waals surface area contributed by atoms with Crippen LogP contribution in [-0.4, -0.2) is 30.8 Å². The van der Waals surface area contributed by atoms with Crippen molar-refractivity contribution in [2.45, 2.75) is 19.4 Å². The number of pyridine rings is 1. The summed E-state index contributed by atoms with van der Waals surface area (Å²) in [7, 11) is 0. The molecule has 0 amide bonds. The summed E-state index contributed by atoms with van der Waals surface area (Å²) in [6.07, 6.45) is 3.12. The Morgan fingerprint density at radius 2 is 2.47 bits per heavy atom. The molecule has 1 aromatic heterocycles. The second kappa shape index (κ2) is 4.81. The van der Waals surface area contributed by atoms with Gasteiger partial charge >= 0.3 is 0 Å². The van der Waals surface area contributed by atoms with Gasteiger partial charge in [-0.25, -0.2) is 4.98 Å². The molecule has 1 aromatic rings. The first-order valence-electron chi connectivity index (χ1n) is 5.27. The molecule has 1 fully saturated rings. The van der Waals surface area contributed by atoms with E-state index < -0.39 is 0 Å². The third-order valence-corrected chi connectivity index (χ3v) is 2.81. The van der Waals surface area contributed by atoms with Gasteiger partial charge < -0.3 is 9.64 Å². The van der Waals surface area contributed by atoms with E-state index in [0.29, 0.717) is 11.1 Å². The number of nitrogens with zero attached hydrogens (tertiary/aromatic N) is 2. The number of halogens is 1. The third kappa shape index (κ3) is 2.61. The van der Waals surface area contributed by atoms with Gasteiger partial charge in [0.15, 0.2) is 0 Å². The molecule has 0 N–H and O–H groups in total. The van der Waals surface area contributed by atoms with Crippen molar-refractivity contribution in [1.29, 1.82) is 0 Å². The first kappa shape index (κ1) is 10.7. The molecule has 0 aromatic carbocycles. The molecule has 3 nitrogen and oxygen atoms in total. The molecule has 2 rings (SSSR count). The molecule has 2 heterocycles. The topological polar surface area (TPSA) is 25.4 Å². The number of hydrogen-bond donors (Lipinski definition) is 0. The van der Waals surface area contributed by atoms with Gasteiger partial charge in [0.25, 0.3) is 0 Å². The molecular formula is C11H15ClN2O. The van der Waals surface area contributed by atoms with E-state index in [1.54, 1.807) is 6.20 Å². The van der Waals surface area contributed by atoms with Crippen LogP contribution in [0.25, 0.3) is 0 Å². The number of ether oxygens (including phenoxy) is 1. The monoisotopic (exact) mass is 226 g/mol. The summed E-state index contributed by atoms with van der Waals surface area (Å²) in [4.78, 5) is 6.53. The Morgan fingerprint density at radius 1 is 1.60 bits per heavy atom. The summed E-state index contributed by atoms with van der Waals surface area (Å²) in [5.41, 5.74) is 0. The van der Waals surface area contributed by atoms with Gasteiger partial charge in [0.05, 0.1) is 11.1 Å². The highest BCUT2D eigenvalue weighted by Gasteiger charge is 2.23. The normalized spacial score (nSPS) is 20.9. The van der Waals surface area contributed by atoms with Gasteiger partial charge in [0.1, 0.15) is 5.82 Å². The van der Waals surface area contributed by atoms with E-state index in [-0.39, 0.29) is 0 Å². The summed E-state index contributed by atoms with van der Waals surface area (Å²) >= 11 is 5.79. The molecule has 1 unspecified atom stereocenters. The van der Waals surface area contributed by atoms with Crippen LogP contribution in [0.3, 0.4) is 0 Å². The number of aromatic nitrogens is 1. The maximum atomic E-state index is 5.79. The summed E-state index contributed by atoms with van der Waals surface area (Å²) in [6.45, 7) is 4.76. The van der Waals surface area contributed by atoms with Crippen LogP contribution >= 0.6 is 11.6 Å². The fourth-order valence-corrected chi connectivity index (χ4v) is 1.97. The molecule has 1 saturated heterocycles. The van der Waals surface area contributed by atoms with Crippen LogP contribution in [0.1, 0.15) is 13.3 Å². The first-order valence-corrected chi connectivity index (χ1v) is 5.65. The lowest BCUT2D eigenvalue weighted by molar-refractivity contribution is 0.0787. The molecule has 1 aliphatic heterocycles. The van der Waals surface area contributed by atoms with Crippen molar-refractivity contribution >= 4 is 17.4 Å². The number of hydrogen-bond acceptors (Lipinski definition) is 3. The van der Waals surface area contributed by atoms with E-state index in [1.165, 1.54) is 0 Å². The zero-order valence-electron chi connectivity index (χ0n) is 8.82. The second-order valence-corrected chi connectivity index (χ2v) is 4.08. The van der Waals surface area contributed by atoms with Crippen LogP contribution in [0.4, 0.5) is 5.82 Å². The summed E-state index contributed by atoms with van der Waals surface area (Å²) in [6, 6.07) is 3.83. The molecule has 15 heavy (non-hydrogen) atoms. The summed E-state index contributed by atoms with van der Waals surface area (Å²) in [5.74, 6) is 0.988. The fraction of sp³-hybridized carbons (Fsp3) is 0.545. The standard InChI is InChI=1S/C11H15ClN2O/c1-2-15-10-5-6-14(8-10)11-4-3-9(12)7-13-11/h3-4,7,10H,2,5-6,8H2,1H3. The van der Waals surface area contributed by atoms with Crippen molar-refractivity contribution in [3.63, 3.8) is 0 Å². The second-order valence-electron chi connectivity index (χ2n) is 3.65. The van der Waals surface area contributed by atoms with E-state index in [1.807, 2.05) is 19.1 Å². The van der Waals surface area contributed by atoms with Crippen LogP contribution in [0.15, 0.2) is 18.3 Å². The molecule has 82 valence electrons. The lowest BCUT2D eigenvalue weighted by Gasteiger charge is -2.17. The van der Waals surface area contributed by atoms with Gasteiger partial charge in [-0.3, -0.25) is 0 Å². The van der Waals surface area contributed by atoms with E-state index in [4.69, 9.17) is 16.3 Å². The summed E-state index contributed by atoms with van der Waals surface area (Å²) < 4.78 is 5.58. The minimum atomic E-state index is 0.354. The molecule has 0 saturated carbocycles. The van der Waals surface area contributed by atoms with E-state index in [0.717, 1.165) is 31.9 Å². The van der Waals surface area contributed by atoms with E-state index >= 15 is 0 Å². The SMILES string of the molecule is CCOC1CCN(c2ccc(Cl)cn2)C1. The van der Waals surface area contributed by atoms with Gasteiger partial charge in [-0.1, -0.05) is 11.6 Å². The molecule has 0 radical (unpaired) electrons. The van der Waals surface area contributed by atoms with Crippen molar-refractivity contribution < 1.29 is 4.74 Å². The predicted molar refractivity (Wildman–Crippen MR) is 61.5 cm³/mol. The average molecular weight is 227 g/mol. The van der Waals surface area contributed by atoms with Gasteiger partial charge in [-0.05, 0) is 25.5 Å². The Labute approximate surface area is 95.0 Å². The number of rotatable bonds is 3.